The summed E-state index contributed by atoms with van der Waals surface area (Å²) in [6.07, 6.45) is 3.62. The second-order valence-corrected chi connectivity index (χ2v) is 4.89. The molecule has 0 aliphatic heterocycles. The molecule has 0 spiro atoms. The third kappa shape index (κ3) is 3.36. The standard InChI is InChI=1S/C15H20FN3O/c1-11(10-20-3)18-15-17-7-8-19(15)12(2)13-5-4-6-14(16)9-13/h4-9,11-12H,10H2,1-3H3,(H,17,18). The molecule has 0 bridgehead atoms. The Morgan fingerprint density at radius 1 is 1.40 bits per heavy atom. The summed E-state index contributed by atoms with van der Waals surface area (Å²) < 4.78 is 20.4. The molecule has 0 saturated heterocycles. The maximum atomic E-state index is 13.3. The highest BCUT2D eigenvalue weighted by Crippen LogP contribution is 2.22. The number of nitrogens with zero attached hydrogens (tertiary/aromatic N) is 2. The zero-order valence-electron chi connectivity index (χ0n) is 12.0. The monoisotopic (exact) mass is 277 g/mol. The van der Waals surface area contributed by atoms with Crippen LogP contribution in [0.25, 0.3) is 0 Å². The molecule has 108 valence electrons. The third-order valence-corrected chi connectivity index (χ3v) is 3.21. The van der Waals surface area contributed by atoms with E-state index in [9.17, 15) is 4.39 Å². The van der Waals surface area contributed by atoms with Gasteiger partial charge in [0.05, 0.1) is 12.6 Å². The number of ether oxygens (including phenoxy) is 1. The first-order chi connectivity index (χ1) is 9.61. The summed E-state index contributed by atoms with van der Waals surface area (Å²) in [5.41, 5.74) is 0.908. The molecule has 5 heteroatoms. The van der Waals surface area contributed by atoms with Gasteiger partial charge < -0.3 is 14.6 Å². The van der Waals surface area contributed by atoms with Gasteiger partial charge in [0, 0.05) is 25.5 Å². The number of hydrogen-bond donors (Lipinski definition) is 1. The highest BCUT2D eigenvalue weighted by Gasteiger charge is 2.14. The molecule has 0 aliphatic carbocycles. The average molecular weight is 277 g/mol. The first-order valence-corrected chi connectivity index (χ1v) is 6.65. The van der Waals surface area contributed by atoms with Crippen LogP contribution in [0.2, 0.25) is 0 Å². The molecule has 1 heterocycles. The Balaban J connectivity index is 2.18. The number of nitrogens with one attached hydrogen (secondary N) is 1. The van der Waals surface area contributed by atoms with E-state index in [0.29, 0.717) is 6.61 Å². The van der Waals surface area contributed by atoms with Gasteiger partial charge >= 0.3 is 0 Å². The van der Waals surface area contributed by atoms with Gasteiger partial charge in [-0.1, -0.05) is 12.1 Å². The van der Waals surface area contributed by atoms with E-state index in [1.807, 2.05) is 30.7 Å². The van der Waals surface area contributed by atoms with Gasteiger partial charge in [0.15, 0.2) is 0 Å². The summed E-state index contributed by atoms with van der Waals surface area (Å²) in [5, 5.41) is 3.29. The molecule has 1 aromatic heterocycles. The van der Waals surface area contributed by atoms with Gasteiger partial charge in [-0.05, 0) is 31.5 Å². The van der Waals surface area contributed by atoms with Gasteiger partial charge in [-0.25, -0.2) is 9.37 Å². The molecule has 2 unspecified atom stereocenters. The normalized spacial score (nSPS) is 14.0. The minimum absolute atomic E-state index is 0.00504. The fourth-order valence-electron chi connectivity index (χ4n) is 2.18. The molecule has 0 radical (unpaired) electrons. The predicted molar refractivity (Wildman–Crippen MR) is 77.4 cm³/mol. The van der Waals surface area contributed by atoms with Crippen LogP contribution in [0, 0.1) is 5.82 Å². The second-order valence-electron chi connectivity index (χ2n) is 4.89. The quantitative estimate of drug-likeness (QED) is 0.882. The van der Waals surface area contributed by atoms with E-state index >= 15 is 0 Å². The Morgan fingerprint density at radius 3 is 2.90 bits per heavy atom. The van der Waals surface area contributed by atoms with Crippen molar-refractivity contribution in [1.82, 2.24) is 9.55 Å². The van der Waals surface area contributed by atoms with E-state index in [0.717, 1.165) is 11.5 Å². The number of imidazole rings is 1. The minimum Gasteiger partial charge on any atom is -0.383 e. The molecule has 20 heavy (non-hydrogen) atoms. The molecular formula is C15H20FN3O. The molecule has 2 rings (SSSR count). The lowest BCUT2D eigenvalue weighted by molar-refractivity contribution is 0.190. The molecule has 2 aromatic rings. The molecule has 0 aliphatic rings. The van der Waals surface area contributed by atoms with Gasteiger partial charge in [0.1, 0.15) is 5.82 Å². The Hall–Kier alpha value is -1.88. The Morgan fingerprint density at radius 2 is 2.20 bits per heavy atom. The van der Waals surface area contributed by atoms with Crippen molar-refractivity contribution in [3.8, 4) is 0 Å². The van der Waals surface area contributed by atoms with Crippen LogP contribution in [0.5, 0.6) is 0 Å². The van der Waals surface area contributed by atoms with Gasteiger partial charge in [0.25, 0.3) is 0 Å². The molecule has 2 atom stereocenters. The van der Waals surface area contributed by atoms with Crippen LogP contribution in [0.4, 0.5) is 10.3 Å². The largest absolute Gasteiger partial charge is 0.383 e. The van der Waals surface area contributed by atoms with E-state index < -0.39 is 0 Å². The number of benzene rings is 1. The summed E-state index contributed by atoms with van der Waals surface area (Å²) >= 11 is 0. The molecule has 0 saturated carbocycles. The van der Waals surface area contributed by atoms with Crippen LogP contribution in [-0.4, -0.2) is 29.3 Å². The molecule has 1 N–H and O–H groups in total. The van der Waals surface area contributed by atoms with Crippen LogP contribution >= 0.6 is 0 Å². The van der Waals surface area contributed by atoms with Crippen molar-refractivity contribution in [2.75, 3.05) is 19.0 Å². The smallest absolute Gasteiger partial charge is 0.203 e. The first kappa shape index (κ1) is 14.5. The highest BCUT2D eigenvalue weighted by atomic mass is 19.1. The number of aromatic nitrogens is 2. The van der Waals surface area contributed by atoms with Crippen molar-refractivity contribution < 1.29 is 9.13 Å². The van der Waals surface area contributed by atoms with Gasteiger partial charge in [-0.3, -0.25) is 0 Å². The summed E-state index contributed by atoms with van der Waals surface area (Å²) in [7, 11) is 1.67. The van der Waals surface area contributed by atoms with Crippen molar-refractivity contribution >= 4 is 5.95 Å². The zero-order chi connectivity index (χ0) is 14.5. The lowest BCUT2D eigenvalue weighted by Crippen LogP contribution is -2.24. The number of rotatable bonds is 6. The molecule has 0 amide bonds. The van der Waals surface area contributed by atoms with E-state index in [4.69, 9.17) is 4.74 Å². The van der Waals surface area contributed by atoms with Crippen molar-refractivity contribution in [3.05, 3.63) is 48.0 Å². The summed E-state index contributed by atoms with van der Waals surface area (Å²) in [6.45, 7) is 4.64. The summed E-state index contributed by atoms with van der Waals surface area (Å²) in [4.78, 5) is 4.31. The molecule has 0 fully saturated rings. The third-order valence-electron chi connectivity index (χ3n) is 3.21. The zero-order valence-corrected chi connectivity index (χ0v) is 12.0. The van der Waals surface area contributed by atoms with Crippen molar-refractivity contribution in [1.29, 1.82) is 0 Å². The van der Waals surface area contributed by atoms with E-state index in [1.165, 1.54) is 6.07 Å². The maximum Gasteiger partial charge on any atom is 0.203 e. The van der Waals surface area contributed by atoms with Crippen molar-refractivity contribution in [2.24, 2.45) is 0 Å². The Kier molecular flexibility index (Phi) is 4.74. The Labute approximate surface area is 118 Å². The number of anilines is 1. The number of halogens is 1. The highest BCUT2D eigenvalue weighted by molar-refractivity contribution is 5.31. The van der Waals surface area contributed by atoms with Crippen molar-refractivity contribution in [2.45, 2.75) is 25.9 Å². The summed E-state index contributed by atoms with van der Waals surface area (Å²) in [6, 6.07) is 6.79. The van der Waals surface area contributed by atoms with Crippen LogP contribution < -0.4 is 5.32 Å². The SMILES string of the molecule is COCC(C)Nc1nccn1C(C)c1cccc(F)c1. The Bertz CT molecular complexity index is 556. The lowest BCUT2D eigenvalue weighted by Gasteiger charge is -2.20. The van der Waals surface area contributed by atoms with Crippen LogP contribution in [0.1, 0.15) is 25.5 Å². The average Bonchev–Trinajstić information content (AvgIpc) is 2.86. The van der Waals surface area contributed by atoms with E-state index in [-0.39, 0.29) is 17.9 Å². The molecular weight excluding hydrogens is 257 g/mol. The summed E-state index contributed by atoms with van der Waals surface area (Å²) in [5.74, 6) is 0.531. The van der Waals surface area contributed by atoms with Gasteiger partial charge in [0.2, 0.25) is 5.95 Å². The predicted octanol–water partition coefficient (Wildman–Crippen LogP) is 3.08. The molecule has 1 aromatic carbocycles. The number of hydrogen-bond acceptors (Lipinski definition) is 3. The minimum atomic E-state index is -0.225. The van der Waals surface area contributed by atoms with Crippen molar-refractivity contribution in [3.63, 3.8) is 0 Å². The van der Waals surface area contributed by atoms with E-state index in [1.54, 1.807) is 25.4 Å². The second kappa shape index (κ2) is 6.52. The fourth-order valence-corrected chi connectivity index (χ4v) is 2.18. The molecule has 4 nitrogen and oxygen atoms in total. The van der Waals surface area contributed by atoms with Crippen LogP contribution in [0.3, 0.4) is 0 Å². The van der Waals surface area contributed by atoms with E-state index in [2.05, 4.69) is 10.3 Å². The fraction of sp³-hybridized carbons (Fsp3) is 0.400. The van der Waals surface area contributed by atoms with Gasteiger partial charge in [-0.2, -0.15) is 0 Å². The topological polar surface area (TPSA) is 39.1 Å². The lowest BCUT2D eigenvalue weighted by atomic mass is 10.1. The number of methoxy groups -OCH3 is 1. The first-order valence-electron chi connectivity index (χ1n) is 6.65. The van der Waals surface area contributed by atoms with Crippen LogP contribution in [-0.2, 0) is 4.74 Å². The van der Waals surface area contributed by atoms with Crippen LogP contribution in [0.15, 0.2) is 36.7 Å². The maximum absolute atomic E-state index is 13.3. The van der Waals surface area contributed by atoms with Gasteiger partial charge in [-0.15, -0.1) is 0 Å².